The molecule has 1 fully saturated rings. The zero-order valence-electron chi connectivity index (χ0n) is 14.7. The van der Waals surface area contributed by atoms with E-state index in [-0.39, 0.29) is 0 Å². The summed E-state index contributed by atoms with van der Waals surface area (Å²) < 4.78 is 0. The van der Waals surface area contributed by atoms with E-state index < -0.39 is 0 Å². The van der Waals surface area contributed by atoms with Crippen LogP contribution in [0.15, 0.2) is 48.0 Å². The first-order valence-electron chi connectivity index (χ1n) is 8.67. The van der Waals surface area contributed by atoms with Gasteiger partial charge in [-0.15, -0.1) is 11.3 Å². The van der Waals surface area contributed by atoms with Crippen molar-refractivity contribution < 1.29 is 0 Å². The van der Waals surface area contributed by atoms with Crippen molar-refractivity contribution >= 4 is 27.9 Å². The first kappa shape index (κ1) is 16.9. The zero-order valence-corrected chi connectivity index (χ0v) is 15.5. The van der Waals surface area contributed by atoms with Gasteiger partial charge in [-0.1, -0.05) is 32.0 Å². The molecule has 0 amide bonds. The second kappa shape index (κ2) is 7.77. The molecule has 1 aromatic carbocycles. The number of pyridine rings is 1. The molecule has 0 spiro atoms. The average molecular weight is 340 g/mol. The summed E-state index contributed by atoms with van der Waals surface area (Å²) in [5.74, 6) is 0. The molecule has 126 valence electrons. The summed E-state index contributed by atoms with van der Waals surface area (Å²) in [6.45, 7) is 8.38. The molecule has 2 aromatic heterocycles. The van der Waals surface area contributed by atoms with E-state index in [1.807, 2.05) is 20.0 Å². The predicted molar refractivity (Wildman–Crippen MR) is 106 cm³/mol. The Morgan fingerprint density at radius 3 is 2.50 bits per heavy atom. The van der Waals surface area contributed by atoms with Crippen LogP contribution < -0.4 is 4.90 Å². The van der Waals surface area contributed by atoms with Crippen LogP contribution in [-0.2, 0) is 0 Å². The van der Waals surface area contributed by atoms with Crippen LogP contribution in [-0.4, -0.2) is 43.1 Å². The van der Waals surface area contributed by atoms with Crippen molar-refractivity contribution in [3.63, 3.8) is 0 Å². The summed E-state index contributed by atoms with van der Waals surface area (Å²) in [6.07, 6.45) is 2.02. The van der Waals surface area contributed by atoms with Gasteiger partial charge in [-0.2, -0.15) is 0 Å². The summed E-state index contributed by atoms with van der Waals surface area (Å²) >= 11 is 1.78. The zero-order chi connectivity index (χ0) is 16.9. The fourth-order valence-electron chi connectivity index (χ4n) is 3.02. The van der Waals surface area contributed by atoms with Crippen LogP contribution >= 0.6 is 11.3 Å². The van der Waals surface area contributed by atoms with Crippen LogP contribution in [0.4, 0.5) is 5.69 Å². The molecule has 1 aliphatic rings. The van der Waals surface area contributed by atoms with Crippen LogP contribution in [0.2, 0.25) is 0 Å². The van der Waals surface area contributed by atoms with Crippen molar-refractivity contribution in [2.24, 2.45) is 0 Å². The molecule has 4 heteroatoms. The molecule has 4 rings (SSSR count). The number of piperazine rings is 1. The van der Waals surface area contributed by atoms with Crippen molar-refractivity contribution in [3.05, 3.63) is 48.0 Å². The number of aromatic nitrogens is 1. The van der Waals surface area contributed by atoms with E-state index in [1.54, 1.807) is 11.3 Å². The van der Waals surface area contributed by atoms with Gasteiger partial charge in [-0.05, 0) is 30.6 Å². The van der Waals surface area contributed by atoms with Gasteiger partial charge in [0.15, 0.2) is 0 Å². The van der Waals surface area contributed by atoms with E-state index in [0.717, 1.165) is 31.7 Å². The fourth-order valence-corrected chi connectivity index (χ4v) is 3.79. The molecule has 0 unspecified atom stereocenters. The summed E-state index contributed by atoms with van der Waals surface area (Å²) in [5, 5.41) is 3.38. The summed E-state index contributed by atoms with van der Waals surface area (Å²) in [4.78, 5) is 10.8. The maximum absolute atomic E-state index is 4.70. The Morgan fingerprint density at radius 2 is 1.79 bits per heavy atom. The van der Waals surface area contributed by atoms with E-state index in [4.69, 9.17) is 4.98 Å². The van der Waals surface area contributed by atoms with Gasteiger partial charge < -0.3 is 9.80 Å². The molecule has 0 atom stereocenters. The lowest BCUT2D eigenvalue weighted by molar-refractivity contribution is 0.313. The lowest BCUT2D eigenvalue weighted by Gasteiger charge is -2.34. The third-order valence-electron chi connectivity index (χ3n) is 4.37. The summed E-state index contributed by atoms with van der Waals surface area (Å²) in [7, 11) is 2.19. The Labute approximate surface area is 148 Å². The minimum atomic E-state index is 1.07. The van der Waals surface area contributed by atoms with Crippen LogP contribution in [0.5, 0.6) is 0 Å². The number of benzene rings is 1. The summed E-state index contributed by atoms with van der Waals surface area (Å²) in [6, 6.07) is 13.0. The minimum absolute atomic E-state index is 1.07. The second-order valence-electron chi connectivity index (χ2n) is 5.83. The second-order valence-corrected chi connectivity index (χ2v) is 6.78. The maximum Gasteiger partial charge on any atom is 0.0710 e. The molecule has 0 aliphatic carbocycles. The third-order valence-corrected chi connectivity index (χ3v) is 5.27. The Hall–Kier alpha value is -1.91. The molecule has 0 N–H and O–H groups in total. The number of hydrogen-bond acceptors (Lipinski definition) is 4. The normalized spacial score (nSPS) is 15.2. The lowest BCUT2D eigenvalue weighted by atomic mass is 10.1. The highest BCUT2D eigenvalue weighted by Gasteiger charge is 2.15. The van der Waals surface area contributed by atoms with E-state index in [0.29, 0.717) is 0 Å². The average Bonchev–Trinajstić information content (AvgIpc) is 3.17. The van der Waals surface area contributed by atoms with Crippen molar-refractivity contribution in [3.8, 4) is 10.4 Å². The van der Waals surface area contributed by atoms with Gasteiger partial charge in [0.05, 0.1) is 17.4 Å². The van der Waals surface area contributed by atoms with E-state index in [9.17, 15) is 0 Å². The molecule has 3 nitrogen and oxygen atoms in total. The van der Waals surface area contributed by atoms with Crippen molar-refractivity contribution in [2.75, 3.05) is 38.1 Å². The van der Waals surface area contributed by atoms with Gasteiger partial charge in [0, 0.05) is 42.0 Å². The van der Waals surface area contributed by atoms with Crippen LogP contribution in [0.1, 0.15) is 13.8 Å². The Morgan fingerprint density at radius 1 is 1.00 bits per heavy atom. The highest BCUT2D eigenvalue weighted by molar-refractivity contribution is 7.13. The Kier molecular flexibility index (Phi) is 5.48. The molecule has 1 aliphatic heterocycles. The number of rotatable bonds is 2. The quantitative estimate of drug-likeness (QED) is 0.672. The van der Waals surface area contributed by atoms with Gasteiger partial charge in [-0.25, -0.2) is 0 Å². The van der Waals surface area contributed by atoms with Crippen molar-refractivity contribution in [2.45, 2.75) is 13.8 Å². The Balaban J connectivity index is 0.000000815. The van der Waals surface area contributed by atoms with E-state index in [1.165, 1.54) is 21.5 Å². The van der Waals surface area contributed by atoms with Crippen molar-refractivity contribution in [1.82, 2.24) is 9.88 Å². The number of hydrogen-bond donors (Lipinski definition) is 0. The first-order chi connectivity index (χ1) is 11.8. The third kappa shape index (κ3) is 3.45. The molecular weight excluding hydrogens is 314 g/mol. The standard InChI is InChI=1S/C18H19N3S.C2H6/c1-20-7-9-21(10-8-20)14-12-16-15(18-6-3-11-22-18)4-2-5-17(16)19-13-14;1-2/h2-6,11-13H,7-10H2,1H3;1-2H3. The summed E-state index contributed by atoms with van der Waals surface area (Å²) in [5.41, 5.74) is 3.60. The Bertz CT molecular complexity index is 775. The lowest BCUT2D eigenvalue weighted by Crippen LogP contribution is -2.44. The molecule has 24 heavy (non-hydrogen) atoms. The van der Waals surface area contributed by atoms with E-state index >= 15 is 0 Å². The first-order valence-corrected chi connectivity index (χ1v) is 9.55. The number of anilines is 1. The molecule has 3 aromatic rings. The topological polar surface area (TPSA) is 19.4 Å². The van der Waals surface area contributed by atoms with Crippen molar-refractivity contribution in [1.29, 1.82) is 0 Å². The van der Waals surface area contributed by atoms with Gasteiger partial charge in [-0.3, -0.25) is 4.98 Å². The highest BCUT2D eigenvalue weighted by Crippen LogP contribution is 2.33. The van der Waals surface area contributed by atoms with Gasteiger partial charge in [0.25, 0.3) is 0 Å². The molecule has 0 radical (unpaired) electrons. The molecule has 0 saturated carbocycles. The van der Waals surface area contributed by atoms with Gasteiger partial charge in [0.1, 0.15) is 0 Å². The number of nitrogens with zero attached hydrogens (tertiary/aromatic N) is 3. The maximum atomic E-state index is 4.70. The monoisotopic (exact) mass is 339 g/mol. The van der Waals surface area contributed by atoms with Crippen LogP contribution in [0.25, 0.3) is 21.3 Å². The smallest absolute Gasteiger partial charge is 0.0710 e. The molecule has 3 heterocycles. The highest BCUT2D eigenvalue weighted by atomic mass is 32.1. The number of likely N-dealkylation sites (N-methyl/N-ethyl adjacent to an activating group) is 1. The SMILES string of the molecule is CC.CN1CCN(c2cnc3cccc(-c4cccs4)c3c2)CC1. The number of fused-ring (bicyclic) bond motifs is 1. The number of thiophene rings is 1. The molecular formula is C20H25N3S. The molecule has 1 saturated heterocycles. The minimum Gasteiger partial charge on any atom is -0.368 e. The fraction of sp³-hybridized carbons (Fsp3) is 0.350. The van der Waals surface area contributed by atoms with Crippen LogP contribution in [0, 0.1) is 0 Å². The van der Waals surface area contributed by atoms with Crippen LogP contribution in [0.3, 0.4) is 0 Å². The van der Waals surface area contributed by atoms with Gasteiger partial charge in [0.2, 0.25) is 0 Å². The van der Waals surface area contributed by atoms with Gasteiger partial charge >= 0.3 is 0 Å². The van der Waals surface area contributed by atoms with E-state index in [2.05, 4.69) is 58.6 Å². The molecule has 0 bridgehead atoms. The predicted octanol–water partition coefficient (Wildman–Crippen LogP) is 4.74. The largest absolute Gasteiger partial charge is 0.368 e.